The first kappa shape index (κ1) is 12.0. The summed E-state index contributed by atoms with van der Waals surface area (Å²) in [6.45, 7) is 10.6. The molecule has 0 bridgehead atoms. The average Bonchev–Trinajstić information content (AvgIpc) is 2.20. The van der Waals surface area contributed by atoms with Crippen molar-refractivity contribution in [3.63, 3.8) is 0 Å². The first-order valence-electron chi connectivity index (χ1n) is 6.21. The van der Waals surface area contributed by atoms with Gasteiger partial charge in [-0.05, 0) is 39.7 Å². The molecule has 1 aliphatic heterocycles. The average molecular weight is 198 g/mol. The van der Waals surface area contributed by atoms with Crippen LogP contribution in [0, 0.1) is 0 Å². The summed E-state index contributed by atoms with van der Waals surface area (Å²) in [5.74, 6) is 0. The highest BCUT2D eigenvalue weighted by Crippen LogP contribution is 2.15. The van der Waals surface area contributed by atoms with E-state index in [-0.39, 0.29) is 0 Å². The van der Waals surface area contributed by atoms with Crippen molar-refractivity contribution in [3.8, 4) is 0 Å². The molecule has 0 aromatic carbocycles. The summed E-state index contributed by atoms with van der Waals surface area (Å²) in [6.07, 6.45) is 5.45. The van der Waals surface area contributed by atoms with Gasteiger partial charge in [0.05, 0.1) is 0 Å². The summed E-state index contributed by atoms with van der Waals surface area (Å²) >= 11 is 0. The molecule has 1 aliphatic rings. The van der Waals surface area contributed by atoms with E-state index in [1.54, 1.807) is 0 Å². The number of rotatable bonds is 5. The molecule has 0 aromatic rings. The lowest BCUT2D eigenvalue weighted by Crippen LogP contribution is -2.42. The quantitative estimate of drug-likeness (QED) is 0.729. The van der Waals surface area contributed by atoms with Crippen LogP contribution in [-0.4, -0.2) is 36.6 Å². The lowest BCUT2D eigenvalue weighted by Gasteiger charge is -2.33. The van der Waals surface area contributed by atoms with Crippen molar-refractivity contribution in [1.29, 1.82) is 0 Å². The Hall–Kier alpha value is -0.0800. The van der Waals surface area contributed by atoms with Crippen LogP contribution in [0.25, 0.3) is 0 Å². The molecule has 0 aliphatic carbocycles. The SMILES string of the molecule is CCC(C)NCCN1CCCCC1C. The van der Waals surface area contributed by atoms with Crippen molar-refractivity contribution in [3.05, 3.63) is 0 Å². The highest BCUT2D eigenvalue weighted by atomic mass is 15.2. The first-order chi connectivity index (χ1) is 6.74. The van der Waals surface area contributed by atoms with E-state index in [4.69, 9.17) is 0 Å². The minimum Gasteiger partial charge on any atom is -0.313 e. The van der Waals surface area contributed by atoms with Gasteiger partial charge in [-0.1, -0.05) is 13.3 Å². The number of piperidine rings is 1. The zero-order valence-corrected chi connectivity index (χ0v) is 10.1. The molecule has 2 heteroatoms. The van der Waals surface area contributed by atoms with Crippen LogP contribution in [0.3, 0.4) is 0 Å². The lowest BCUT2D eigenvalue weighted by molar-refractivity contribution is 0.160. The molecule has 1 rings (SSSR count). The smallest absolute Gasteiger partial charge is 0.0110 e. The van der Waals surface area contributed by atoms with E-state index in [1.165, 1.54) is 38.8 Å². The van der Waals surface area contributed by atoms with Crippen molar-refractivity contribution in [2.45, 2.75) is 58.5 Å². The Balaban J connectivity index is 2.10. The molecule has 0 aromatic heterocycles. The van der Waals surface area contributed by atoms with Gasteiger partial charge in [0, 0.05) is 25.2 Å². The standard InChI is InChI=1S/C12H26N2/c1-4-11(2)13-8-10-14-9-6-5-7-12(14)3/h11-13H,4-10H2,1-3H3. The van der Waals surface area contributed by atoms with Crippen LogP contribution in [0.4, 0.5) is 0 Å². The number of nitrogens with zero attached hydrogens (tertiary/aromatic N) is 1. The molecular weight excluding hydrogens is 172 g/mol. The van der Waals surface area contributed by atoms with E-state index in [0.717, 1.165) is 12.6 Å². The molecule has 0 radical (unpaired) electrons. The maximum Gasteiger partial charge on any atom is 0.0110 e. The van der Waals surface area contributed by atoms with Gasteiger partial charge in [-0.25, -0.2) is 0 Å². The van der Waals surface area contributed by atoms with Gasteiger partial charge in [0.1, 0.15) is 0 Å². The fourth-order valence-electron chi connectivity index (χ4n) is 2.09. The van der Waals surface area contributed by atoms with E-state index >= 15 is 0 Å². The van der Waals surface area contributed by atoms with Crippen molar-refractivity contribution in [2.24, 2.45) is 0 Å². The maximum absolute atomic E-state index is 3.56. The van der Waals surface area contributed by atoms with Gasteiger partial charge in [-0.3, -0.25) is 4.90 Å². The van der Waals surface area contributed by atoms with Crippen molar-refractivity contribution < 1.29 is 0 Å². The van der Waals surface area contributed by atoms with Gasteiger partial charge in [0.25, 0.3) is 0 Å². The number of likely N-dealkylation sites (tertiary alicyclic amines) is 1. The largest absolute Gasteiger partial charge is 0.313 e. The molecule has 2 atom stereocenters. The summed E-state index contributed by atoms with van der Waals surface area (Å²) < 4.78 is 0. The predicted octanol–water partition coefficient (Wildman–Crippen LogP) is 2.25. The van der Waals surface area contributed by atoms with Gasteiger partial charge in [-0.15, -0.1) is 0 Å². The number of hydrogen-bond donors (Lipinski definition) is 1. The Bertz CT molecular complexity index is 147. The fraction of sp³-hybridized carbons (Fsp3) is 1.00. The van der Waals surface area contributed by atoms with Gasteiger partial charge < -0.3 is 5.32 Å². The molecule has 2 nitrogen and oxygen atoms in total. The molecule has 1 heterocycles. The third kappa shape index (κ3) is 3.97. The van der Waals surface area contributed by atoms with Gasteiger partial charge in [-0.2, -0.15) is 0 Å². The minimum atomic E-state index is 0.676. The molecular formula is C12H26N2. The summed E-state index contributed by atoms with van der Waals surface area (Å²) in [4.78, 5) is 2.62. The molecule has 0 amide bonds. The molecule has 1 fully saturated rings. The van der Waals surface area contributed by atoms with E-state index in [2.05, 4.69) is 31.0 Å². The number of hydrogen-bond acceptors (Lipinski definition) is 2. The fourth-order valence-corrected chi connectivity index (χ4v) is 2.09. The van der Waals surface area contributed by atoms with Crippen molar-refractivity contribution >= 4 is 0 Å². The molecule has 1 saturated heterocycles. The Labute approximate surface area is 89.1 Å². The third-order valence-corrected chi connectivity index (χ3v) is 3.44. The van der Waals surface area contributed by atoms with Crippen molar-refractivity contribution in [2.75, 3.05) is 19.6 Å². The normalized spacial score (nSPS) is 26.4. The van der Waals surface area contributed by atoms with E-state index in [1.807, 2.05) is 0 Å². The second-order valence-corrected chi connectivity index (χ2v) is 4.64. The summed E-state index contributed by atoms with van der Waals surface area (Å²) in [5.41, 5.74) is 0. The van der Waals surface area contributed by atoms with Crippen LogP contribution in [0.15, 0.2) is 0 Å². The second kappa shape index (κ2) is 6.41. The molecule has 0 spiro atoms. The first-order valence-corrected chi connectivity index (χ1v) is 6.21. The van der Waals surface area contributed by atoms with Gasteiger partial charge >= 0.3 is 0 Å². The van der Waals surface area contributed by atoms with Gasteiger partial charge in [0.15, 0.2) is 0 Å². The summed E-state index contributed by atoms with van der Waals surface area (Å²) in [6, 6.07) is 1.48. The summed E-state index contributed by atoms with van der Waals surface area (Å²) in [7, 11) is 0. The van der Waals surface area contributed by atoms with Crippen LogP contribution in [0.2, 0.25) is 0 Å². The van der Waals surface area contributed by atoms with Crippen LogP contribution >= 0.6 is 0 Å². The Morgan fingerprint density at radius 3 is 2.86 bits per heavy atom. The molecule has 14 heavy (non-hydrogen) atoms. The Morgan fingerprint density at radius 1 is 1.43 bits per heavy atom. The Kier molecular flexibility index (Phi) is 5.49. The zero-order valence-electron chi connectivity index (χ0n) is 10.1. The van der Waals surface area contributed by atoms with Gasteiger partial charge in [0.2, 0.25) is 0 Å². The lowest BCUT2D eigenvalue weighted by atomic mass is 10.0. The minimum absolute atomic E-state index is 0.676. The molecule has 0 saturated carbocycles. The van der Waals surface area contributed by atoms with Crippen LogP contribution < -0.4 is 5.32 Å². The highest BCUT2D eigenvalue weighted by molar-refractivity contribution is 4.73. The van der Waals surface area contributed by atoms with E-state index < -0.39 is 0 Å². The highest BCUT2D eigenvalue weighted by Gasteiger charge is 2.17. The third-order valence-electron chi connectivity index (χ3n) is 3.44. The Morgan fingerprint density at radius 2 is 2.21 bits per heavy atom. The van der Waals surface area contributed by atoms with E-state index in [0.29, 0.717) is 6.04 Å². The van der Waals surface area contributed by atoms with Crippen molar-refractivity contribution in [1.82, 2.24) is 10.2 Å². The van der Waals surface area contributed by atoms with Crippen LogP contribution in [0.5, 0.6) is 0 Å². The van der Waals surface area contributed by atoms with Crippen LogP contribution in [0.1, 0.15) is 46.5 Å². The van der Waals surface area contributed by atoms with E-state index in [9.17, 15) is 0 Å². The maximum atomic E-state index is 3.56. The predicted molar refractivity (Wildman–Crippen MR) is 62.6 cm³/mol. The molecule has 1 N–H and O–H groups in total. The second-order valence-electron chi connectivity index (χ2n) is 4.64. The molecule has 2 unspecified atom stereocenters. The molecule has 84 valence electrons. The topological polar surface area (TPSA) is 15.3 Å². The summed E-state index contributed by atoms with van der Waals surface area (Å²) in [5, 5.41) is 3.56. The zero-order chi connectivity index (χ0) is 10.4. The number of nitrogens with one attached hydrogen (secondary N) is 1. The van der Waals surface area contributed by atoms with Crippen LogP contribution in [-0.2, 0) is 0 Å². The monoisotopic (exact) mass is 198 g/mol.